The third-order valence-electron chi connectivity index (χ3n) is 5.19. The fourth-order valence-electron chi connectivity index (χ4n) is 5.02. The number of aliphatic carboxylic acids is 1. The average Bonchev–Trinajstić information content (AvgIpc) is 2.23. The van der Waals surface area contributed by atoms with Gasteiger partial charge in [0.25, 0.3) is 0 Å². The molecule has 17 heavy (non-hydrogen) atoms. The molecule has 4 rings (SSSR count). The van der Waals surface area contributed by atoms with Crippen LogP contribution in [0.5, 0.6) is 0 Å². The lowest BCUT2D eigenvalue weighted by Crippen LogP contribution is -2.47. The van der Waals surface area contributed by atoms with Gasteiger partial charge in [-0.05, 0) is 67.3 Å². The van der Waals surface area contributed by atoms with Crippen LogP contribution in [0.15, 0.2) is 11.6 Å². The van der Waals surface area contributed by atoms with E-state index in [1.54, 1.807) is 0 Å². The standard InChI is InChI=1S/C14H20O3/c15-8-12(4-13(16)17)14-5-9-1-10(6-14)3-11(2-9)7-14/h4,9-11,15H,1-3,5-8H2,(H,16,17)/b12-4-. The van der Waals surface area contributed by atoms with Crippen molar-refractivity contribution in [2.75, 3.05) is 6.61 Å². The number of hydrogen-bond donors (Lipinski definition) is 2. The van der Waals surface area contributed by atoms with E-state index < -0.39 is 5.97 Å². The molecular weight excluding hydrogens is 216 g/mol. The van der Waals surface area contributed by atoms with Crippen LogP contribution in [0.3, 0.4) is 0 Å². The van der Waals surface area contributed by atoms with Crippen LogP contribution in [0, 0.1) is 23.2 Å². The fraction of sp³-hybridized carbons (Fsp3) is 0.786. The van der Waals surface area contributed by atoms with Gasteiger partial charge in [-0.15, -0.1) is 0 Å². The van der Waals surface area contributed by atoms with Crippen LogP contribution in [0.4, 0.5) is 0 Å². The molecule has 0 heterocycles. The zero-order valence-electron chi connectivity index (χ0n) is 10.1. The smallest absolute Gasteiger partial charge is 0.328 e. The van der Waals surface area contributed by atoms with E-state index in [2.05, 4.69) is 0 Å². The van der Waals surface area contributed by atoms with Gasteiger partial charge in [0.15, 0.2) is 0 Å². The molecule has 0 amide bonds. The zero-order valence-corrected chi connectivity index (χ0v) is 10.1. The third-order valence-corrected chi connectivity index (χ3v) is 5.19. The van der Waals surface area contributed by atoms with Crippen molar-refractivity contribution in [3.63, 3.8) is 0 Å². The van der Waals surface area contributed by atoms with Gasteiger partial charge in [-0.1, -0.05) is 0 Å². The summed E-state index contributed by atoms with van der Waals surface area (Å²) in [7, 11) is 0. The molecule has 3 nitrogen and oxygen atoms in total. The summed E-state index contributed by atoms with van der Waals surface area (Å²) >= 11 is 0. The Labute approximate surface area is 102 Å². The molecular formula is C14H20O3. The van der Waals surface area contributed by atoms with Crippen molar-refractivity contribution in [1.82, 2.24) is 0 Å². The summed E-state index contributed by atoms with van der Waals surface area (Å²) in [4.78, 5) is 10.9. The summed E-state index contributed by atoms with van der Waals surface area (Å²) in [6, 6.07) is 0. The number of aliphatic hydroxyl groups is 1. The molecule has 2 N–H and O–H groups in total. The molecule has 94 valence electrons. The summed E-state index contributed by atoms with van der Waals surface area (Å²) in [6.45, 7) is -0.0849. The highest BCUT2D eigenvalue weighted by Gasteiger charge is 2.52. The van der Waals surface area contributed by atoms with Crippen LogP contribution in [0.25, 0.3) is 0 Å². The fourth-order valence-corrected chi connectivity index (χ4v) is 5.02. The minimum Gasteiger partial charge on any atom is -0.478 e. The van der Waals surface area contributed by atoms with Crippen LogP contribution in [0.1, 0.15) is 38.5 Å². The van der Waals surface area contributed by atoms with Crippen molar-refractivity contribution in [1.29, 1.82) is 0 Å². The van der Waals surface area contributed by atoms with Gasteiger partial charge < -0.3 is 10.2 Å². The van der Waals surface area contributed by atoms with Crippen LogP contribution >= 0.6 is 0 Å². The highest BCUT2D eigenvalue weighted by atomic mass is 16.4. The van der Waals surface area contributed by atoms with Gasteiger partial charge in [0, 0.05) is 6.08 Å². The van der Waals surface area contributed by atoms with E-state index in [0.717, 1.165) is 42.6 Å². The monoisotopic (exact) mass is 236 g/mol. The number of rotatable bonds is 3. The average molecular weight is 236 g/mol. The first-order chi connectivity index (χ1) is 8.11. The van der Waals surface area contributed by atoms with Gasteiger partial charge in [0.2, 0.25) is 0 Å². The number of hydrogen-bond acceptors (Lipinski definition) is 2. The lowest BCUT2D eigenvalue weighted by Gasteiger charge is -2.57. The van der Waals surface area contributed by atoms with E-state index in [4.69, 9.17) is 5.11 Å². The molecule has 0 aromatic carbocycles. The van der Waals surface area contributed by atoms with Crippen LogP contribution < -0.4 is 0 Å². The van der Waals surface area contributed by atoms with Crippen LogP contribution in [0.2, 0.25) is 0 Å². The van der Waals surface area contributed by atoms with Gasteiger partial charge in [0.05, 0.1) is 6.61 Å². The molecule has 0 atom stereocenters. The highest BCUT2D eigenvalue weighted by molar-refractivity contribution is 5.81. The molecule has 0 aromatic rings. The number of carboxylic acids is 1. The quantitative estimate of drug-likeness (QED) is 0.739. The van der Waals surface area contributed by atoms with Crippen molar-refractivity contribution in [2.45, 2.75) is 38.5 Å². The Hall–Kier alpha value is -0.830. The SMILES string of the molecule is O=C(O)/C=C(/CO)C12CC3CC(CC(C3)C1)C2. The maximum absolute atomic E-state index is 10.9. The van der Waals surface area contributed by atoms with Crippen LogP contribution in [-0.2, 0) is 4.79 Å². The lowest BCUT2D eigenvalue weighted by molar-refractivity contribution is -0.131. The third kappa shape index (κ3) is 1.81. The minimum absolute atomic E-state index is 0.0297. The largest absolute Gasteiger partial charge is 0.478 e. The first kappa shape index (κ1) is 11.3. The van der Waals surface area contributed by atoms with Gasteiger partial charge in [-0.25, -0.2) is 4.79 Å². The number of aliphatic hydroxyl groups excluding tert-OH is 1. The second-order valence-electron chi connectivity index (χ2n) is 6.36. The molecule has 4 bridgehead atoms. The summed E-state index contributed by atoms with van der Waals surface area (Å²) in [5.74, 6) is 1.43. The van der Waals surface area contributed by atoms with Crippen molar-refractivity contribution in [3.05, 3.63) is 11.6 Å². The van der Waals surface area contributed by atoms with E-state index in [1.807, 2.05) is 0 Å². The molecule has 4 aliphatic carbocycles. The molecule has 0 saturated heterocycles. The van der Waals surface area contributed by atoms with E-state index in [1.165, 1.54) is 25.3 Å². The predicted octanol–water partition coefficient (Wildman–Crippen LogP) is 2.21. The van der Waals surface area contributed by atoms with Crippen molar-refractivity contribution < 1.29 is 15.0 Å². The maximum atomic E-state index is 10.9. The second-order valence-corrected chi connectivity index (χ2v) is 6.36. The molecule has 4 aliphatic rings. The van der Waals surface area contributed by atoms with Crippen LogP contribution in [-0.4, -0.2) is 22.8 Å². The molecule has 3 heteroatoms. The molecule has 0 aromatic heterocycles. The summed E-state index contributed by atoms with van der Waals surface area (Å²) in [5, 5.41) is 18.4. The Bertz CT molecular complexity index is 334. The van der Waals surface area contributed by atoms with Gasteiger partial charge in [-0.3, -0.25) is 0 Å². The molecule has 0 unspecified atom stereocenters. The Balaban J connectivity index is 1.92. The summed E-state index contributed by atoms with van der Waals surface area (Å²) in [5.41, 5.74) is 0.811. The summed E-state index contributed by atoms with van der Waals surface area (Å²) < 4.78 is 0. The van der Waals surface area contributed by atoms with Gasteiger partial charge in [-0.2, -0.15) is 0 Å². The minimum atomic E-state index is -0.912. The summed E-state index contributed by atoms with van der Waals surface area (Å²) in [6.07, 6.45) is 8.62. The van der Waals surface area contributed by atoms with Crippen molar-refractivity contribution in [2.24, 2.45) is 23.2 Å². The Morgan fingerprint density at radius 1 is 1.12 bits per heavy atom. The Morgan fingerprint density at radius 3 is 1.94 bits per heavy atom. The molecule has 4 fully saturated rings. The lowest BCUT2D eigenvalue weighted by atomic mass is 9.48. The first-order valence-corrected chi connectivity index (χ1v) is 6.66. The Kier molecular flexibility index (Phi) is 2.54. The first-order valence-electron chi connectivity index (χ1n) is 6.66. The van der Waals surface area contributed by atoms with E-state index in [9.17, 15) is 9.90 Å². The highest BCUT2D eigenvalue weighted by Crippen LogP contribution is 2.62. The van der Waals surface area contributed by atoms with E-state index >= 15 is 0 Å². The zero-order chi connectivity index (χ0) is 12.0. The van der Waals surface area contributed by atoms with Gasteiger partial charge >= 0.3 is 5.97 Å². The van der Waals surface area contributed by atoms with Crippen molar-refractivity contribution in [3.8, 4) is 0 Å². The van der Waals surface area contributed by atoms with E-state index in [0.29, 0.717) is 0 Å². The van der Waals surface area contributed by atoms with Gasteiger partial charge in [0.1, 0.15) is 0 Å². The molecule has 0 radical (unpaired) electrons. The second kappa shape index (κ2) is 3.84. The normalized spacial score (nSPS) is 44.1. The Morgan fingerprint density at radius 2 is 1.59 bits per heavy atom. The topological polar surface area (TPSA) is 57.5 Å². The molecule has 0 aliphatic heterocycles. The predicted molar refractivity (Wildman–Crippen MR) is 63.4 cm³/mol. The number of carbonyl (C=O) groups is 1. The van der Waals surface area contributed by atoms with E-state index in [-0.39, 0.29) is 12.0 Å². The maximum Gasteiger partial charge on any atom is 0.328 e. The number of carboxylic acid groups (broad SMARTS) is 1. The molecule has 0 spiro atoms. The van der Waals surface area contributed by atoms with Crippen molar-refractivity contribution >= 4 is 5.97 Å². The molecule has 4 saturated carbocycles.